The Morgan fingerprint density at radius 3 is 1.86 bits per heavy atom. The highest BCUT2D eigenvalue weighted by molar-refractivity contribution is 5.93. The summed E-state index contributed by atoms with van der Waals surface area (Å²) >= 11 is 0. The normalized spacial score (nSPS) is 21.9. The van der Waals surface area contributed by atoms with Crippen molar-refractivity contribution >= 4 is 17.7 Å². The maximum absolute atomic E-state index is 14.6. The zero-order valence-electron chi connectivity index (χ0n) is 29.0. The highest BCUT2D eigenvalue weighted by Gasteiger charge is 2.47. The molecule has 8 nitrogen and oxygen atoms in total. The van der Waals surface area contributed by atoms with Gasteiger partial charge in [-0.3, -0.25) is 14.4 Å². The molecule has 0 radical (unpaired) electrons. The zero-order chi connectivity index (χ0) is 36.1. The Labute approximate surface area is 297 Å². The van der Waals surface area contributed by atoms with E-state index in [2.05, 4.69) is 17.6 Å². The Morgan fingerprint density at radius 2 is 1.35 bits per heavy atom. The smallest absolute Gasteiger partial charge is 0.246 e. The van der Waals surface area contributed by atoms with Crippen molar-refractivity contribution in [3.05, 3.63) is 107 Å². The average Bonchev–Trinajstić information content (AvgIpc) is 3.79. The highest BCUT2D eigenvalue weighted by atomic mass is 19.1. The Morgan fingerprint density at radius 1 is 0.824 bits per heavy atom. The van der Waals surface area contributed by atoms with Gasteiger partial charge < -0.3 is 25.5 Å². The van der Waals surface area contributed by atoms with Crippen molar-refractivity contribution in [1.29, 1.82) is 0 Å². The van der Waals surface area contributed by atoms with E-state index in [0.29, 0.717) is 42.0 Å². The van der Waals surface area contributed by atoms with E-state index < -0.39 is 47.0 Å². The Balaban J connectivity index is 1.29. The number of halogens is 3. The molecule has 0 bridgehead atoms. The zero-order valence-corrected chi connectivity index (χ0v) is 29.0. The summed E-state index contributed by atoms with van der Waals surface area (Å²) in [6.07, 6.45) is 3.64. The Hall–Kier alpha value is -4.22. The topological polar surface area (TPSA) is 102 Å². The van der Waals surface area contributed by atoms with Gasteiger partial charge in [0.1, 0.15) is 29.5 Å². The first-order valence-electron chi connectivity index (χ1n) is 18.2. The number of hydrogen-bond acceptors (Lipinski definition) is 5. The van der Waals surface area contributed by atoms with E-state index in [1.165, 1.54) is 41.3 Å². The molecule has 6 rings (SSSR count). The predicted octanol–water partition coefficient (Wildman–Crippen LogP) is 5.07. The van der Waals surface area contributed by atoms with Gasteiger partial charge >= 0.3 is 0 Å². The Kier molecular flexibility index (Phi) is 11.5. The van der Waals surface area contributed by atoms with Crippen LogP contribution < -0.4 is 10.6 Å². The fraction of sp³-hybridized carbons (Fsp3) is 0.475. The number of hydrogen-bond donors (Lipinski definition) is 3. The van der Waals surface area contributed by atoms with Crippen molar-refractivity contribution < 1.29 is 32.7 Å². The number of rotatable bonds is 11. The molecule has 3 heterocycles. The monoisotopic (exact) mass is 704 g/mol. The maximum atomic E-state index is 14.6. The fourth-order valence-corrected chi connectivity index (χ4v) is 8.42. The first kappa shape index (κ1) is 36.6. The van der Waals surface area contributed by atoms with Crippen LogP contribution in [0.1, 0.15) is 75.0 Å². The highest BCUT2D eigenvalue weighted by Crippen LogP contribution is 2.44. The molecular weight excluding hydrogens is 657 g/mol. The van der Waals surface area contributed by atoms with Crippen molar-refractivity contribution in [3.63, 3.8) is 0 Å². The minimum absolute atomic E-state index is 0.0135. The van der Waals surface area contributed by atoms with E-state index in [1.54, 1.807) is 41.3 Å². The van der Waals surface area contributed by atoms with E-state index in [0.717, 1.165) is 38.8 Å². The number of carbonyl (C=O) groups excluding carboxylic acids is 3. The maximum Gasteiger partial charge on any atom is 0.246 e. The molecule has 3 saturated heterocycles. The summed E-state index contributed by atoms with van der Waals surface area (Å²) in [5.41, 5.74) is 0.172. The average molecular weight is 705 g/mol. The fourth-order valence-electron chi connectivity index (χ4n) is 8.42. The SMILES string of the molecule is CCCC(NC(=O)[C@H]1CCCN1C(=O)[C@@H]1C[C@@H](O)CN1C(=O)CC(c1ccc(F)cc1)(c1ccc(F)cc1)c1ccc(F)cc1)C1CCNCC1. The molecular formula is C40H47F3N4O4. The summed E-state index contributed by atoms with van der Waals surface area (Å²) in [6.45, 7) is 4.18. The number of benzene rings is 3. The first-order valence-corrected chi connectivity index (χ1v) is 18.2. The summed E-state index contributed by atoms with van der Waals surface area (Å²) in [7, 11) is 0. The van der Waals surface area contributed by atoms with E-state index in [-0.39, 0.29) is 37.2 Å². The second-order valence-electron chi connectivity index (χ2n) is 14.2. The van der Waals surface area contributed by atoms with Gasteiger partial charge in [0.25, 0.3) is 0 Å². The largest absolute Gasteiger partial charge is 0.391 e. The summed E-state index contributed by atoms with van der Waals surface area (Å²) < 4.78 is 42.7. The van der Waals surface area contributed by atoms with Gasteiger partial charge in [-0.25, -0.2) is 13.2 Å². The van der Waals surface area contributed by atoms with Crippen LogP contribution in [0.2, 0.25) is 0 Å². The quantitative estimate of drug-likeness (QED) is 0.242. The number of carbonyl (C=O) groups is 3. The molecule has 0 saturated carbocycles. The minimum Gasteiger partial charge on any atom is -0.391 e. The van der Waals surface area contributed by atoms with E-state index >= 15 is 0 Å². The lowest BCUT2D eigenvalue weighted by atomic mass is 9.67. The molecule has 3 aliphatic heterocycles. The van der Waals surface area contributed by atoms with Crippen LogP contribution in [0.4, 0.5) is 13.2 Å². The van der Waals surface area contributed by atoms with Gasteiger partial charge in [0.05, 0.1) is 11.5 Å². The van der Waals surface area contributed by atoms with Crippen molar-refractivity contribution in [2.24, 2.45) is 5.92 Å². The molecule has 3 aliphatic rings. The molecule has 3 aromatic rings. The number of nitrogens with one attached hydrogen (secondary N) is 2. The van der Waals surface area contributed by atoms with Crippen molar-refractivity contribution in [2.75, 3.05) is 26.2 Å². The number of aliphatic hydroxyl groups is 1. The van der Waals surface area contributed by atoms with Crippen LogP contribution in [0.5, 0.6) is 0 Å². The Bertz CT molecular complexity index is 1550. The van der Waals surface area contributed by atoms with Crippen LogP contribution in [0, 0.1) is 23.4 Å². The third-order valence-electron chi connectivity index (χ3n) is 11.0. The van der Waals surface area contributed by atoms with E-state index in [1.807, 2.05) is 0 Å². The predicted molar refractivity (Wildman–Crippen MR) is 187 cm³/mol. The standard InChI is InChI=1S/C40H47F3N4O4/c1-2-4-34(26-18-20-44-21-19-26)45-38(50)35-5-3-22-46(35)39(51)36-23-33(48)25-47(36)37(49)24-40(27-6-12-30(41)13-7-27,28-8-14-31(42)15-9-28)29-10-16-32(43)17-11-29/h6-17,26,33-36,44,48H,2-5,18-25H2,1H3,(H,45,50)/t33-,34?,35-,36+/m1/s1. The number of likely N-dealkylation sites (tertiary alicyclic amines) is 2. The molecule has 1 unspecified atom stereocenters. The summed E-state index contributed by atoms with van der Waals surface area (Å²) in [5, 5.41) is 17.5. The molecule has 0 aromatic heterocycles. The van der Waals surface area contributed by atoms with Crippen molar-refractivity contribution in [3.8, 4) is 0 Å². The molecule has 3 fully saturated rings. The van der Waals surface area contributed by atoms with Crippen LogP contribution in [-0.2, 0) is 19.8 Å². The summed E-state index contributed by atoms with van der Waals surface area (Å²) in [5.74, 6) is -2.16. The van der Waals surface area contributed by atoms with Gasteiger partial charge in [0, 0.05) is 32.0 Å². The van der Waals surface area contributed by atoms with Crippen LogP contribution in [0.25, 0.3) is 0 Å². The number of piperidine rings is 1. The van der Waals surface area contributed by atoms with Gasteiger partial charge in [0.2, 0.25) is 17.7 Å². The minimum atomic E-state index is -1.34. The van der Waals surface area contributed by atoms with Gasteiger partial charge in [-0.05, 0) is 104 Å². The molecule has 272 valence electrons. The van der Waals surface area contributed by atoms with Gasteiger partial charge in [-0.2, -0.15) is 0 Å². The lowest BCUT2D eigenvalue weighted by Crippen LogP contribution is -2.55. The van der Waals surface area contributed by atoms with Gasteiger partial charge in [0.15, 0.2) is 0 Å². The van der Waals surface area contributed by atoms with Gasteiger partial charge in [-0.1, -0.05) is 49.7 Å². The second-order valence-corrected chi connectivity index (χ2v) is 14.2. The molecule has 3 amide bonds. The van der Waals surface area contributed by atoms with Crippen molar-refractivity contribution in [2.45, 2.75) is 87.9 Å². The van der Waals surface area contributed by atoms with Crippen LogP contribution in [0.15, 0.2) is 72.8 Å². The molecule has 0 spiro atoms. The number of amides is 3. The van der Waals surface area contributed by atoms with Crippen LogP contribution in [0.3, 0.4) is 0 Å². The second kappa shape index (κ2) is 16.0. The van der Waals surface area contributed by atoms with E-state index in [4.69, 9.17) is 0 Å². The van der Waals surface area contributed by atoms with Crippen molar-refractivity contribution in [1.82, 2.24) is 20.4 Å². The van der Waals surface area contributed by atoms with Crippen LogP contribution >= 0.6 is 0 Å². The molecule has 4 atom stereocenters. The third-order valence-corrected chi connectivity index (χ3v) is 11.0. The molecule has 11 heteroatoms. The molecule has 3 N–H and O–H groups in total. The van der Waals surface area contributed by atoms with Gasteiger partial charge in [-0.15, -0.1) is 0 Å². The summed E-state index contributed by atoms with van der Waals surface area (Å²) in [6, 6.07) is 15.2. The van der Waals surface area contributed by atoms with Crippen LogP contribution in [-0.4, -0.2) is 83.0 Å². The number of nitrogens with zero attached hydrogens (tertiary/aromatic N) is 2. The number of β-amino-alcohol motifs (C(OH)–C–C–N with tert-alkyl or cyclic N) is 1. The lowest BCUT2D eigenvalue weighted by molar-refractivity contribution is -0.147. The first-order chi connectivity index (χ1) is 24.6. The number of aliphatic hydroxyl groups excluding tert-OH is 1. The lowest BCUT2D eigenvalue weighted by Gasteiger charge is -2.38. The molecule has 3 aromatic carbocycles. The summed E-state index contributed by atoms with van der Waals surface area (Å²) in [4.78, 5) is 45.7. The molecule has 0 aliphatic carbocycles. The third kappa shape index (κ3) is 7.84. The van der Waals surface area contributed by atoms with E-state index in [9.17, 15) is 32.7 Å². The molecule has 51 heavy (non-hydrogen) atoms.